The minimum Gasteiger partial charge on any atom is -0.351 e. The van der Waals surface area contributed by atoms with Crippen molar-refractivity contribution >= 4 is 17.5 Å². The van der Waals surface area contributed by atoms with Crippen molar-refractivity contribution in [2.45, 2.75) is 26.4 Å². The van der Waals surface area contributed by atoms with Gasteiger partial charge in [0.2, 0.25) is 5.91 Å². The van der Waals surface area contributed by atoms with E-state index in [0.717, 1.165) is 0 Å². The molecule has 1 amide bonds. The standard InChI is InChI=1S/C12H16ClFN2O/c1-7(2)11(15)12(17)16-6-8-9(13)4-3-5-10(8)14/h3-5,7,11H,6,15H2,1-2H3,(H,16,17). The fourth-order valence-electron chi connectivity index (χ4n) is 1.30. The van der Waals surface area contributed by atoms with E-state index in [4.69, 9.17) is 17.3 Å². The molecule has 1 unspecified atom stereocenters. The molecule has 0 aliphatic rings. The van der Waals surface area contributed by atoms with Crippen LogP contribution in [-0.2, 0) is 11.3 Å². The number of hydrogen-bond acceptors (Lipinski definition) is 2. The van der Waals surface area contributed by atoms with Crippen LogP contribution >= 0.6 is 11.6 Å². The monoisotopic (exact) mass is 258 g/mol. The Hall–Kier alpha value is -1.13. The second kappa shape index (κ2) is 5.98. The zero-order valence-electron chi connectivity index (χ0n) is 9.84. The average molecular weight is 259 g/mol. The van der Waals surface area contributed by atoms with E-state index in [0.29, 0.717) is 5.02 Å². The molecular formula is C12H16ClFN2O. The van der Waals surface area contributed by atoms with Crippen LogP contribution in [0, 0.1) is 11.7 Å². The highest BCUT2D eigenvalue weighted by Crippen LogP contribution is 2.18. The largest absolute Gasteiger partial charge is 0.351 e. The van der Waals surface area contributed by atoms with Gasteiger partial charge in [-0.3, -0.25) is 4.79 Å². The van der Waals surface area contributed by atoms with Crippen LogP contribution in [0.3, 0.4) is 0 Å². The number of rotatable bonds is 4. The second-order valence-corrected chi connectivity index (χ2v) is 4.60. The zero-order valence-corrected chi connectivity index (χ0v) is 10.6. The van der Waals surface area contributed by atoms with Gasteiger partial charge in [-0.2, -0.15) is 0 Å². The smallest absolute Gasteiger partial charge is 0.237 e. The lowest BCUT2D eigenvalue weighted by Gasteiger charge is -2.15. The van der Waals surface area contributed by atoms with Crippen molar-refractivity contribution in [3.63, 3.8) is 0 Å². The highest BCUT2D eigenvalue weighted by Gasteiger charge is 2.17. The van der Waals surface area contributed by atoms with E-state index in [2.05, 4.69) is 5.32 Å². The Bertz CT molecular complexity index is 389. The topological polar surface area (TPSA) is 55.1 Å². The first kappa shape index (κ1) is 13.9. The maximum atomic E-state index is 13.4. The van der Waals surface area contributed by atoms with Gasteiger partial charge in [-0.1, -0.05) is 31.5 Å². The van der Waals surface area contributed by atoms with Gasteiger partial charge in [-0.15, -0.1) is 0 Å². The first-order valence-electron chi connectivity index (χ1n) is 5.39. The lowest BCUT2D eigenvalue weighted by molar-refractivity contribution is -0.123. The van der Waals surface area contributed by atoms with E-state index in [1.807, 2.05) is 13.8 Å². The highest BCUT2D eigenvalue weighted by atomic mass is 35.5. The summed E-state index contributed by atoms with van der Waals surface area (Å²) in [6.07, 6.45) is 0. The highest BCUT2D eigenvalue weighted by molar-refractivity contribution is 6.31. The third-order valence-electron chi connectivity index (χ3n) is 2.52. The number of carbonyl (C=O) groups excluding carboxylic acids is 1. The fraction of sp³-hybridized carbons (Fsp3) is 0.417. The average Bonchev–Trinajstić information content (AvgIpc) is 2.26. The van der Waals surface area contributed by atoms with Gasteiger partial charge in [0, 0.05) is 17.1 Å². The van der Waals surface area contributed by atoms with Gasteiger partial charge < -0.3 is 11.1 Å². The molecule has 3 N–H and O–H groups in total. The minimum atomic E-state index is -0.597. The predicted octanol–water partition coefficient (Wildman–Crippen LogP) is 2.08. The van der Waals surface area contributed by atoms with Crippen LogP contribution < -0.4 is 11.1 Å². The van der Waals surface area contributed by atoms with E-state index in [1.165, 1.54) is 12.1 Å². The summed E-state index contributed by atoms with van der Waals surface area (Å²) in [5, 5.41) is 2.87. The molecular weight excluding hydrogens is 243 g/mol. The Balaban J connectivity index is 2.65. The van der Waals surface area contributed by atoms with Crippen molar-refractivity contribution in [3.05, 3.63) is 34.6 Å². The van der Waals surface area contributed by atoms with Crippen molar-refractivity contribution in [2.75, 3.05) is 0 Å². The van der Waals surface area contributed by atoms with E-state index in [9.17, 15) is 9.18 Å². The van der Waals surface area contributed by atoms with Gasteiger partial charge in [-0.05, 0) is 18.1 Å². The van der Waals surface area contributed by atoms with Gasteiger partial charge >= 0.3 is 0 Å². The molecule has 94 valence electrons. The molecule has 0 spiro atoms. The summed E-state index contributed by atoms with van der Waals surface area (Å²) in [7, 11) is 0. The van der Waals surface area contributed by atoms with Crippen molar-refractivity contribution < 1.29 is 9.18 Å². The molecule has 0 heterocycles. The van der Waals surface area contributed by atoms with Crippen molar-refractivity contribution in [3.8, 4) is 0 Å². The number of hydrogen-bond donors (Lipinski definition) is 2. The van der Waals surface area contributed by atoms with Crippen molar-refractivity contribution in [1.29, 1.82) is 0 Å². The lowest BCUT2D eigenvalue weighted by Crippen LogP contribution is -2.43. The summed E-state index contributed by atoms with van der Waals surface area (Å²) in [5.41, 5.74) is 5.94. The Morgan fingerprint density at radius 3 is 2.71 bits per heavy atom. The molecule has 0 saturated carbocycles. The Morgan fingerprint density at radius 2 is 2.18 bits per heavy atom. The van der Waals surface area contributed by atoms with Gasteiger partial charge in [-0.25, -0.2) is 4.39 Å². The number of nitrogens with one attached hydrogen (secondary N) is 1. The van der Waals surface area contributed by atoms with E-state index in [-0.39, 0.29) is 23.9 Å². The van der Waals surface area contributed by atoms with Crippen LogP contribution in [0.1, 0.15) is 19.4 Å². The van der Waals surface area contributed by atoms with Gasteiger partial charge in [0.1, 0.15) is 5.82 Å². The fourth-order valence-corrected chi connectivity index (χ4v) is 1.53. The zero-order chi connectivity index (χ0) is 13.0. The maximum absolute atomic E-state index is 13.4. The number of carbonyl (C=O) groups is 1. The molecule has 0 radical (unpaired) electrons. The maximum Gasteiger partial charge on any atom is 0.237 e. The molecule has 3 nitrogen and oxygen atoms in total. The minimum absolute atomic E-state index is 0.0334. The van der Waals surface area contributed by atoms with Crippen LogP contribution in [0.4, 0.5) is 4.39 Å². The van der Waals surface area contributed by atoms with E-state index in [1.54, 1.807) is 6.07 Å². The molecule has 1 rings (SSSR count). The Morgan fingerprint density at radius 1 is 1.53 bits per heavy atom. The van der Waals surface area contributed by atoms with Gasteiger partial charge in [0.25, 0.3) is 0 Å². The third-order valence-corrected chi connectivity index (χ3v) is 2.88. The molecule has 17 heavy (non-hydrogen) atoms. The summed E-state index contributed by atoms with van der Waals surface area (Å²) in [4.78, 5) is 11.6. The molecule has 0 aromatic heterocycles. The number of benzene rings is 1. The lowest BCUT2D eigenvalue weighted by atomic mass is 10.0. The van der Waals surface area contributed by atoms with Gasteiger partial charge in [0.15, 0.2) is 0 Å². The van der Waals surface area contributed by atoms with Crippen LogP contribution in [-0.4, -0.2) is 11.9 Å². The molecule has 1 aromatic carbocycles. The summed E-state index contributed by atoms with van der Waals surface area (Å²) in [5.74, 6) is -0.707. The Kier molecular flexibility index (Phi) is 4.90. The summed E-state index contributed by atoms with van der Waals surface area (Å²) in [6.45, 7) is 3.74. The van der Waals surface area contributed by atoms with Crippen LogP contribution in [0.2, 0.25) is 5.02 Å². The number of amides is 1. The number of nitrogens with two attached hydrogens (primary N) is 1. The van der Waals surface area contributed by atoms with Crippen LogP contribution in [0.15, 0.2) is 18.2 Å². The van der Waals surface area contributed by atoms with E-state index >= 15 is 0 Å². The summed E-state index contributed by atoms with van der Waals surface area (Å²) < 4.78 is 13.4. The molecule has 0 bridgehead atoms. The molecule has 0 aliphatic carbocycles. The van der Waals surface area contributed by atoms with Crippen LogP contribution in [0.25, 0.3) is 0 Å². The molecule has 1 atom stereocenters. The normalized spacial score (nSPS) is 12.6. The second-order valence-electron chi connectivity index (χ2n) is 4.19. The molecule has 0 fully saturated rings. The SMILES string of the molecule is CC(C)C(N)C(=O)NCc1c(F)cccc1Cl. The van der Waals surface area contributed by atoms with E-state index < -0.39 is 11.9 Å². The predicted molar refractivity (Wildman–Crippen MR) is 66.1 cm³/mol. The molecule has 0 saturated heterocycles. The molecule has 0 aliphatic heterocycles. The van der Waals surface area contributed by atoms with Crippen molar-refractivity contribution in [1.82, 2.24) is 5.32 Å². The first-order valence-corrected chi connectivity index (χ1v) is 5.77. The van der Waals surface area contributed by atoms with Crippen LogP contribution in [0.5, 0.6) is 0 Å². The summed E-state index contributed by atoms with van der Waals surface area (Å²) >= 11 is 5.83. The third kappa shape index (κ3) is 3.68. The quantitative estimate of drug-likeness (QED) is 0.869. The van der Waals surface area contributed by atoms with Gasteiger partial charge in [0.05, 0.1) is 6.04 Å². The summed E-state index contributed by atoms with van der Waals surface area (Å²) in [6, 6.07) is 3.80. The van der Waals surface area contributed by atoms with Crippen molar-refractivity contribution in [2.24, 2.45) is 11.7 Å². The molecule has 1 aromatic rings. The Labute approximate surface area is 105 Å². The molecule has 5 heteroatoms. The first-order chi connectivity index (χ1) is 7.93. The number of halogens is 2.